The van der Waals surface area contributed by atoms with Crippen molar-refractivity contribution >= 4 is 23.7 Å². The molecule has 0 saturated carbocycles. The number of anilines is 2. The maximum atomic E-state index is 5.41. The van der Waals surface area contributed by atoms with Crippen molar-refractivity contribution in [3.63, 3.8) is 0 Å². The summed E-state index contributed by atoms with van der Waals surface area (Å²) in [4.78, 5) is 8.60. The highest BCUT2D eigenvalue weighted by Gasteiger charge is 2.03. The van der Waals surface area contributed by atoms with E-state index in [1.165, 1.54) is 0 Å². The third-order valence-corrected chi connectivity index (χ3v) is 3.06. The fourth-order valence-corrected chi connectivity index (χ4v) is 2.14. The minimum absolute atomic E-state index is 0.829. The molecule has 1 aromatic carbocycles. The van der Waals surface area contributed by atoms with Crippen LogP contribution in [0.4, 0.5) is 11.5 Å². The molecule has 0 bridgehead atoms. The van der Waals surface area contributed by atoms with Gasteiger partial charge in [0.25, 0.3) is 0 Å². The van der Waals surface area contributed by atoms with Crippen LogP contribution in [0.3, 0.4) is 0 Å². The largest absolute Gasteiger partial charge is 0.340 e. The molecule has 1 N–H and O–H groups in total. The summed E-state index contributed by atoms with van der Waals surface area (Å²) in [5.74, 6) is 3.46. The maximum absolute atomic E-state index is 5.41. The van der Waals surface area contributed by atoms with Gasteiger partial charge in [0.1, 0.15) is 12.1 Å². The standard InChI is InChI=1S/C16H13N3/c1-2-12-6-5-7-13(10-12)19-16-14-8-3-4-9-15(14)17-11-18-16/h1,5-11H,3-4H2,(H,17,18,19). The Balaban J connectivity index is 2.03. The summed E-state index contributed by atoms with van der Waals surface area (Å²) in [6.45, 7) is 0. The lowest BCUT2D eigenvalue weighted by Gasteiger charge is -2.08. The van der Waals surface area contributed by atoms with Crippen molar-refractivity contribution in [1.29, 1.82) is 0 Å². The van der Waals surface area contributed by atoms with Gasteiger partial charge >= 0.3 is 0 Å². The van der Waals surface area contributed by atoms with E-state index in [0.717, 1.165) is 40.5 Å². The highest BCUT2D eigenvalue weighted by molar-refractivity contribution is 5.60. The number of rotatable bonds is 2. The molecule has 0 atom stereocenters. The first-order chi connectivity index (χ1) is 9.36. The molecule has 3 heteroatoms. The fourth-order valence-electron chi connectivity index (χ4n) is 2.14. The van der Waals surface area contributed by atoms with Crippen LogP contribution in [-0.4, -0.2) is 9.97 Å². The summed E-state index contributed by atoms with van der Waals surface area (Å²) in [6.07, 6.45) is 13.4. The number of terminal acetylenes is 1. The highest BCUT2D eigenvalue weighted by atomic mass is 15.0. The Morgan fingerprint density at radius 3 is 2.95 bits per heavy atom. The van der Waals surface area contributed by atoms with Gasteiger partial charge in [0.15, 0.2) is 0 Å². The molecule has 0 saturated heterocycles. The zero-order valence-corrected chi connectivity index (χ0v) is 10.4. The van der Waals surface area contributed by atoms with Gasteiger partial charge in [0.05, 0.1) is 5.35 Å². The SMILES string of the molecule is C#Cc1cccc(Nc2ncnc3c2=CCCC=3)c1. The fraction of sp³-hybridized carbons (Fsp3) is 0.125. The molecule has 3 rings (SSSR count). The summed E-state index contributed by atoms with van der Waals surface area (Å²) in [6, 6.07) is 7.74. The Hall–Kier alpha value is -2.60. The van der Waals surface area contributed by atoms with Gasteiger partial charge in [-0.05, 0) is 31.0 Å². The van der Waals surface area contributed by atoms with E-state index in [1.54, 1.807) is 6.33 Å². The van der Waals surface area contributed by atoms with Gasteiger partial charge in [0.2, 0.25) is 0 Å². The number of hydrogen-bond acceptors (Lipinski definition) is 3. The third-order valence-electron chi connectivity index (χ3n) is 3.06. The molecule has 0 fully saturated rings. The summed E-state index contributed by atoms with van der Waals surface area (Å²) in [5, 5.41) is 5.38. The van der Waals surface area contributed by atoms with Crippen LogP contribution in [0.2, 0.25) is 0 Å². The molecular weight excluding hydrogens is 234 g/mol. The molecule has 1 aliphatic carbocycles. The smallest absolute Gasteiger partial charge is 0.141 e. The van der Waals surface area contributed by atoms with E-state index in [2.05, 4.69) is 33.4 Å². The van der Waals surface area contributed by atoms with E-state index < -0.39 is 0 Å². The Bertz CT molecular complexity index is 769. The van der Waals surface area contributed by atoms with E-state index >= 15 is 0 Å². The topological polar surface area (TPSA) is 37.8 Å². The Morgan fingerprint density at radius 1 is 1.16 bits per heavy atom. The number of benzene rings is 1. The molecule has 0 spiro atoms. The van der Waals surface area contributed by atoms with Crippen molar-refractivity contribution < 1.29 is 0 Å². The first-order valence-electron chi connectivity index (χ1n) is 6.22. The molecule has 19 heavy (non-hydrogen) atoms. The van der Waals surface area contributed by atoms with Gasteiger partial charge < -0.3 is 5.32 Å². The predicted octanol–water partition coefficient (Wildman–Crippen LogP) is 1.56. The van der Waals surface area contributed by atoms with Crippen LogP contribution in [0, 0.1) is 12.3 Å². The quantitative estimate of drug-likeness (QED) is 0.818. The van der Waals surface area contributed by atoms with E-state index in [4.69, 9.17) is 6.42 Å². The molecule has 0 radical (unpaired) electrons. The Morgan fingerprint density at radius 2 is 2.05 bits per heavy atom. The maximum Gasteiger partial charge on any atom is 0.141 e. The first kappa shape index (κ1) is 11.5. The number of nitrogens with zero attached hydrogens (tertiary/aromatic N) is 2. The number of nitrogens with one attached hydrogen (secondary N) is 1. The van der Waals surface area contributed by atoms with Gasteiger partial charge in [-0.2, -0.15) is 0 Å². The van der Waals surface area contributed by atoms with Crippen molar-refractivity contribution in [2.24, 2.45) is 0 Å². The van der Waals surface area contributed by atoms with Gasteiger partial charge in [-0.3, -0.25) is 0 Å². The van der Waals surface area contributed by atoms with Crippen LogP contribution in [-0.2, 0) is 0 Å². The van der Waals surface area contributed by atoms with Crippen LogP contribution < -0.4 is 15.9 Å². The number of fused-ring (bicyclic) bond motifs is 1. The average Bonchev–Trinajstić information content (AvgIpc) is 2.48. The molecule has 92 valence electrons. The molecule has 0 amide bonds. The second-order valence-corrected chi connectivity index (χ2v) is 4.36. The average molecular weight is 247 g/mol. The van der Waals surface area contributed by atoms with E-state index in [0.29, 0.717) is 0 Å². The predicted molar refractivity (Wildman–Crippen MR) is 77.1 cm³/mol. The minimum atomic E-state index is 0.829. The molecule has 1 aromatic heterocycles. The zero-order chi connectivity index (χ0) is 13.1. The lowest BCUT2D eigenvalue weighted by Crippen LogP contribution is -2.33. The summed E-state index contributed by atoms with van der Waals surface area (Å²) < 4.78 is 0. The summed E-state index contributed by atoms with van der Waals surface area (Å²) >= 11 is 0. The van der Waals surface area contributed by atoms with Gasteiger partial charge in [0, 0.05) is 16.5 Å². The lowest BCUT2D eigenvalue weighted by molar-refractivity contribution is 1.04. The molecule has 3 nitrogen and oxygen atoms in total. The van der Waals surface area contributed by atoms with E-state index in [-0.39, 0.29) is 0 Å². The van der Waals surface area contributed by atoms with E-state index in [1.807, 2.05) is 24.3 Å². The number of hydrogen-bond donors (Lipinski definition) is 1. The number of aromatic nitrogens is 2. The van der Waals surface area contributed by atoms with Gasteiger partial charge in [-0.1, -0.05) is 24.1 Å². The first-order valence-corrected chi connectivity index (χ1v) is 6.22. The van der Waals surface area contributed by atoms with Crippen LogP contribution in [0.15, 0.2) is 30.6 Å². The van der Waals surface area contributed by atoms with Crippen LogP contribution in [0.1, 0.15) is 18.4 Å². The van der Waals surface area contributed by atoms with Crippen molar-refractivity contribution in [2.75, 3.05) is 5.32 Å². The summed E-state index contributed by atoms with van der Waals surface area (Å²) in [5.41, 5.74) is 1.79. The van der Waals surface area contributed by atoms with Crippen molar-refractivity contribution in [3.8, 4) is 12.3 Å². The molecule has 1 aliphatic rings. The van der Waals surface area contributed by atoms with Crippen molar-refractivity contribution in [1.82, 2.24) is 9.97 Å². The van der Waals surface area contributed by atoms with E-state index in [9.17, 15) is 0 Å². The summed E-state index contributed by atoms with van der Waals surface area (Å²) in [7, 11) is 0. The van der Waals surface area contributed by atoms with Crippen LogP contribution >= 0.6 is 0 Å². The highest BCUT2D eigenvalue weighted by Crippen LogP contribution is 2.13. The molecule has 0 aliphatic heterocycles. The molecule has 1 heterocycles. The third kappa shape index (κ3) is 2.34. The van der Waals surface area contributed by atoms with Crippen LogP contribution in [0.5, 0.6) is 0 Å². The van der Waals surface area contributed by atoms with Crippen molar-refractivity contribution in [3.05, 3.63) is 46.7 Å². The second-order valence-electron chi connectivity index (χ2n) is 4.36. The van der Waals surface area contributed by atoms with Crippen LogP contribution in [0.25, 0.3) is 12.2 Å². The molecule has 0 unspecified atom stereocenters. The van der Waals surface area contributed by atoms with Crippen molar-refractivity contribution in [2.45, 2.75) is 12.8 Å². The van der Waals surface area contributed by atoms with Gasteiger partial charge in [-0.25, -0.2) is 9.97 Å². The van der Waals surface area contributed by atoms with Gasteiger partial charge in [-0.15, -0.1) is 6.42 Å². The zero-order valence-electron chi connectivity index (χ0n) is 10.4. The second kappa shape index (κ2) is 4.95. The molecular formula is C16H13N3. The lowest BCUT2D eigenvalue weighted by atomic mass is 10.1. The molecule has 2 aromatic rings. The minimum Gasteiger partial charge on any atom is -0.340 e. The monoisotopic (exact) mass is 247 g/mol. The Kier molecular flexibility index (Phi) is 2.99. The normalized spacial score (nSPS) is 12.6. The Labute approximate surface area is 111 Å².